The Kier molecular flexibility index (Phi) is 5.10. The monoisotopic (exact) mass is 272 g/mol. The van der Waals surface area contributed by atoms with Gasteiger partial charge in [-0.2, -0.15) is 0 Å². The molecule has 0 N–H and O–H groups in total. The van der Waals surface area contributed by atoms with E-state index in [0.29, 0.717) is 17.4 Å². The molecule has 0 spiro atoms. The lowest BCUT2D eigenvalue weighted by atomic mass is 10.00. The summed E-state index contributed by atoms with van der Waals surface area (Å²) in [6, 6.07) is 0. The molecule has 1 saturated carbocycles. The third-order valence-electron chi connectivity index (χ3n) is 3.93. The molecule has 1 saturated heterocycles. The summed E-state index contributed by atoms with van der Waals surface area (Å²) in [5, 5.41) is 0. The van der Waals surface area contributed by atoms with E-state index in [1.165, 1.54) is 31.3 Å². The molecule has 4 heteroatoms. The molecule has 1 unspecified atom stereocenters. The Morgan fingerprint density at radius 1 is 1.22 bits per heavy atom. The first-order valence-corrected chi connectivity index (χ1v) is 8.98. The Hall–Kier alpha value is -0.510. The van der Waals surface area contributed by atoms with Crippen LogP contribution in [0.15, 0.2) is 11.8 Å². The van der Waals surface area contributed by atoms with E-state index in [2.05, 4.69) is 0 Å². The van der Waals surface area contributed by atoms with Gasteiger partial charge >= 0.3 is 0 Å². The van der Waals surface area contributed by atoms with Crippen molar-refractivity contribution in [1.82, 2.24) is 0 Å². The predicted octanol–water partition coefficient (Wildman–Crippen LogP) is 3.07. The molecule has 2 aliphatic rings. The van der Waals surface area contributed by atoms with Gasteiger partial charge < -0.3 is 4.74 Å². The molecule has 0 amide bonds. The van der Waals surface area contributed by atoms with Gasteiger partial charge in [-0.1, -0.05) is 0 Å². The zero-order valence-electron chi connectivity index (χ0n) is 11.1. The summed E-state index contributed by atoms with van der Waals surface area (Å²) in [6.45, 7) is 0.736. The van der Waals surface area contributed by atoms with E-state index >= 15 is 0 Å². The van der Waals surface area contributed by atoms with E-state index in [1.54, 1.807) is 0 Å². The van der Waals surface area contributed by atoms with Crippen LogP contribution in [0.5, 0.6) is 0 Å². The van der Waals surface area contributed by atoms with Crippen molar-refractivity contribution >= 4 is 9.84 Å². The highest BCUT2D eigenvalue weighted by molar-refractivity contribution is 7.91. The maximum Gasteiger partial charge on any atom is 0.150 e. The molecular weight excluding hydrogens is 248 g/mol. The van der Waals surface area contributed by atoms with Gasteiger partial charge in [0.1, 0.15) is 0 Å². The summed E-state index contributed by atoms with van der Waals surface area (Å²) in [5.74, 6) is 1.16. The van der Waals surface area contributed by atoms with Crippen molar-refractivity contribution in [2.75, 3.05) is 18.1 Å². The SMILES string of the molecule is O=S1(=O)CCCC(CCCOC=C2CCCC2)C1. The Balaban J connectivity index is 1.59. The van der Waals surface area contributed by atoms with Crippen LogP contribution in [0.1, 0.15) is 51.4 Å². The topological polar surface area (TPSA) is 43.4 Å². The van der Waals surface area contributed by atoms with Crippen LogP contribution in [-0.2, 0) is 14.6 Å². The highest BCUT2D eigenvalue weighted by atomic mass is 32.2. The van der Waals surface area contributed by atoms with Crippen LogP contribution >= 0.6 is 0 Å². The second kappa shape index (κ2) is 6.60. The van der Waals surface area contributed by atoms with Crippen molar-refractivity contribution in [3.8, 4) is 0 Å². The highest BCUT2D eigenvalue weighted by Crippen LogP contribution is 2.24. The van der Waals surface area contributed by atoms with Crippen LogP contribution in [0, 0.1) is 5.92 Å². The number of sulfone groups is 1. The third kappa shape index (κ3) is 4.63. The Morgan fingerprint density at radius 3 is 2.72 bits per heavy atom. The van der Waals surface area contributed by atoms with Gasteiger partial charge in [0.05, 0.1) is 24.4 Å². The summed E-state index contributed by atoms with van der Waals surface area (Å²) in [6.07, 6.45) is 10.8. The van der Waals surface area contributed by atoms with E-state index < -0.39 is 9.84 Å². The van der Waals surface area contributed by atoms with E-state index in [1.807, 2.05) is 6.26 Å². The quantitative estimate of drug-likeness (QED) is 0.570. The minimum absolute atomic E-state index is 0.367. The zero-order chi connectivity index (χ0) is 12.8. The Bertz CT molecular complexity index is 376. The van der Waals surface area contributed by atoms with Crippen molar-refractivity contribution in [3.63, 3.8) is 0 Å². The smallest absolute Gasteiger partial charge is 0.150 e. The maximum absolute atomic E-state index is 11.5. The molecule has 0 aromatic carbocycles. The molecule has 0 aromatic heterocycles. The van der Waals surface area contributed by atoms with E-state index in [4.69, 9.17) is 4.74 Å². The first-order chi connectivity index (χ1) is 8.66. The first-order valence-electron chi connectivity index (χ1n) is 7.16. The van der Waals surface area contributed by atoms with Gasteiger partial charge in [0.2, 0.25) is 0 Å². The second-order valence-corrected chi connectivity index (χ2v) is 7.85. The molecule has 1 aliphatic carbocycles. The second-order valence-electron chi connectivity index (χ2n) is 5.62. The molecule has 104 valence electrons. The molecule has 1 atom stereocenters. The molecule has 18 heavy (non-hydrogen) atoms. The van der Waals surface area contributed by atoms with Crippen LogP contribution in [0.4, 0.5) is 0 Å². The first kappa shape index (κ1) is 13.9. The average Bonchev–Trinajstić information content (AvgIpc) is 2.80. The van der Waals surface area contributed by atoms with Crippen molar-refractivity contribution in [2.24, 2.45) is 5.92 Å². The van der Waals surface area contributed by atoms with Crippen LogP contribution < -0.4 is 0 Å². The Labute approximate surface area is 111 Å². The van der Waals surface area contributed by atoms with Gasteiger partial charge in [-0.15, -0.1) is 0 Å². The van der Waals surface area contributed by atoms with Gasteiger partial charge in [0.15, 0.2) is 9.84 Å². The molecule has 1 heterocycles. The number of ether oxygens (including phenoxy) is 1. The van der Waals surface area contributed by atoms with Crippen molar-refractivity contribution in [3.05, 3.63) is 11.8 Å². The molecule has 0 aromatic rings. The van der Waals surface area contributed by atoms with Crippen molar-refractivity contribution in [1.29, 1.82) is 0 Å². The average molecular weight is 272 g/mol. The van der Waals surface area contributed by atoms with Gasteiger partial charge in [-0.25, -0.2) is 8.42 Å². The van der Waals surface area contributed by atoms with E-state index in [9.17, 15) is 8.42 Å². The van der Waals surface area contributed by atoms with Gasteiger partial charge in [-0.05, 0) is 62.9 Å². The normalized spacial score (nSPS) is 27.1. The standard InChI is InChI=1S/C14H24O3S/c15-18(16)10-4-8-14(12-18)7-3-9-17-11-13-5-1-2-6-13/h11,14H,1-10,12H2. The van der Waals surface area contributed by atoms with Gasteiger partial charge in [0, 0.05) is 0 Å². The lowest BCUT2D eigenvalue weighted by molar-refractivity contribution is 0.229. The number of hydrogen-bond donors (Lipinski definition) is 0. The minimum Gasteiger partial charge on any atom is -0.501 e. The largest absolute Gasteiger partial charge is 0.501 e. The van der Waals surface area contributed by atoms with Crippen molar-refractivity contribution < 1.29 is 13.2 Å². The molecule has 3 nitrogen and oxygen atoms in total. The van der Waals surface area contributed by atoms with Gasteiger partial charge in [-0.3, -0.25) is 0 Å². The summed E-state index contributed by atoms with van der Waals surface area (Å²) in [4.78, 5) is 0. The molecular formula is C14H24O3S. The van der Waals surface area contributed by atoms with Crippen LogP contribution in [0.3, 0.4) is 0 Å². The fourth-order valence-corrected chi connectivity index (χ4v) is 4.75. The minimum atomic E-state index is -2.74. The number of rotatable bonds is 5. The van der Waals surface area contributed by atoms with Crippen molar-refractivity contribution in [2.45, 2.75) is 51.4 Å². The fourth-order valence-electron chi connectivity index (χ4n) is 2.92. The van der Waals surface area contributed by atoms with Crippen LogP contribution in [0.2, 0.25) is 0 Å². The molecule has 2 fully saturated rings. The summed E-state index contributed by atoms with van der Waals surface area (Å²) in [7, 11) is -2.74. The Morgan fingerprint density at radius 2 is 2.00 bits per heavy atom. The molecule has 0 bridgehead atoms. The van der Waals surface area contributed by atoms with Gasteiger partial charge in [0.25, 0.3) is 0 Å². The highest BCUT2D eigenvalue weighted by Gasteiger charge is 2.24. The van der Waals surface area contributed by atoms with Crippen LogP contribution in [0.25, 0.3) is 0 Å². The van der Waals surface area contributed by atoms with E-state index in [-0.39, 0.29) is 0 Å². The molecule has 0 radical (unpaired) electrons. The summed E-state index contributed by atoms with van der Waals surface area (Å²) in [5.41, 5.74) is 1.44. The zero-order valence-corrected chi connectivity index (χ0v) is 11.9. The maximum atomic E-state index is 11.5. The summed E-state index contributed by atoms with van der Waals surface area (Å²) < 4.78 is 28.5. The van der Waals surface area contributed by atoms with E-state index in [0.717, 1.165) is 32.3 Å². The van der Waals surface area contributed by atoms with Crippen LogP contribution in [-0.4, -0.2) is 26.5 Å². The number of hydrogen-bond acceptors (Lipinski definition) is 3. The fraction of sp³-hybridized carbons (Fsp3) is 0.857. The molecule has 2 rings (SSSR count). The lowest BCUT2D eigenvalue weighted by Gasteiger charge is -2.21. The number of allylic oxidation sites excluding steroid dienone is 1. The summed E-state index contributed by atoms with van der Waals surface area (Å²) >= 11 is 0. The third-order valence-corrected chi connectivity index (χ3v) is 5.82. The lowest BCUT2D eigenvalue weighted by Crippen LogP contribution is -2.25. The predicted molar refractivity (Wildman–Crippen MR) is 73.1 cm³/mol. The molecule has 1 aliphatic heterocycles.